The van der Waals surface area contributed by atoms with Gasteiger partial charge in [-0.1, -0.05) is 0 Å². The third kappa shape index (κ3) is 3.88. The maximum absolute atomic E-state index is 12.1. The van der Waals surface area contributed by atoms with Crippen LogP contribution in [0.25, 0.3) is 0 Å². The monoisotopic (exact) mass is 311 g/mol. The number of nitrogens with zero attached hydrogens (tertiary/aromatic N) is 2. The van der Waals surface area contributed by atoms with E-state index in [0.29, 0.717) is 24.2 Å². The molecule has 0 bridgehead atoms. The Morgan fingerprint density at radius 2 is 2.05 bits per heavy atom. The second-order valence-corrected chi connectivity index (χ2v) is 4.21. The van der Waals surface area contributed by atoms with Gasteiger partial charge >= 0.3 is 29.6 Å². The minimum atomic E-state index is -0.541. The molecule has 0 atom stereocenters. The Morgan fingerprint density at radius 1 is 1.41 bits per heavy atom. The Balaban J connectivity index is 0.00000242. The van der Waals surface area contributed by atoms with Crippen molar-refractivity contribution in [2.45, 2.75) is 13.8 Å². The molecule has 1 aromatic carbocycles. The number of hydrogen-bond acceptors (Lipinski definition) is 5. The van der Waals surface area contributed by atoms with Crippen LogP contribution in [-0.2, 0) is 14.3 Å². The van der Waals surface area contributed by atoms with Gasteiger partial charge in [-0.05, 0) is 31.2 Å². The van der Waals surface area contributed by atoms with E-state index in [1.54, 1.807) is 31.2 Å². The van der Waals surface area contributed by atoms with Crippen molar-refractivity contribution in [1.82, 2.24) is 0 Å². The molecule has 8 heteroatoms. The van der Waals surface area contributed by atoms with Crippen LogP contribution in [0.4, 0.5) is 11.4 Å². The Kier molecular flexibility index (Phi) is 6.61. The van der Waals surface area contributed by atoms with Gasteiger partial charge in [0.2, 0.25) is 11.8 Å². The first-order chi connectivity index (χ1) is 10.1. The van der Waals surface area contributed by atoms with E-state index in [4.69, 9.17) is 4.74 Å². The number of rotatable bonds is 3. The number of benzene rings is 1. The summed E-state index contributed by atoms with van der Waals surface area (Å²) < 4.78 is 5.17. The van der Waals surface area contributed by atoms with Gasteiger partial charge in [-0.25, -0.2) is 0 Å². The maximum atomic E-state index is 12.1. The summed E-state index contributed by atoms with van der Waals surface area (Å²) in [4.78, 5) is 23.0. The Labute approximate surface area is 149 Å². The van der Waals surface area contributed by atoms with Gasteiger partial charge in [0.1, 0.15) is 0 Å². The van der Waals surface area contributed by atoms with Crippen LogP contribution in [0.5, 0.6) is 0 Å². The van der Waals surface area contributed by atoms with Gasteiger partial charge in [-0.2, -0.15) is 5.01 Å². The molecule has 0 spiro atoms. The fourth-order valence-electron chi connectivity index (χ4n) is 1.80. The summed E-state index contributed by atoms with van der Waals surface area (Å²) in [5.41, 5.74) is 0.970. The van der Waals surface area contributed by atoms with Crippen molar-refractivity contribution in [3.05, 3.63) is 36.1 Å². The van der Waals surface area contributed by atoms with Gasteiger partial charge in [0.05, 0.1) is 17.9 Å². The molecule has 1 heterocycles. The summed E-state index contributed by atoms with van der Waals surface area (Å²) in [6.07, 6.45) is 0.433. The molecule has 0 unspecified atom stereocenters. The molecule has 0 saturated heterocycles. The summed E-state index contributed by atoms with van der Waals surface area (Å²) in [7, 11) is 0. The smallest absolute Gasteiger partial charge is 0.877 e. The van der Waals surface area contributed by atoms with E-state index in [9.17, 15) is 14.7 Å². The van der Waals surface area contributed by atoms with Crippen molar-refractivity contribution in [3.8, 4) is 0 Å². The Hall–Kier alpha value is -1.83. The quantitative estimate of drug-likeness (QED) is 0.382. The first kappa shape index (κ1) is 18.2. The number of hydrazone groups is 1. The first-order valence-electron chi connectivity index (χ1n) is 6.32. The number of hydrogen-bond donors (Lipinski definition) is 1. The minimum absolute atomic E-state index is 0. The van der Waals surface area contributed by atoms with Crippen molar-refractivity contribution in [2.75, 3.05) is 16.9 Å². The molecule has 0 aromatic heterocycles. The van der Waals surface area contributed by atoms with Crippen molar-refractivity contribution in [2.24, 2.45) is 5.10 Å². The third-order valence-corrected chi connectivity index (χ3v) is 2.68. The molecule has 2 rings (SSSR count). The van der Waals surface area contributed by atoms with Crippen molar-refractivity contribution in [3.63, 3.8) is 0 Å². The van der Waals surface area contributed by atoms with Gasteiger partial charge < -0.3 is 15.2 Å². The number of ether oxygens (including phenoxy) is 1. The zero-order valence-electron chi connectivity index (χ0n) is 12.6. The van der Waals surface area contributed by atoms with E-state index in [0.717, 1.165) is 5.01 Å². The molecule has 0 fully saturated rings. The van der Waals surface area contributed by atoms with E-state index in [1.165, 1.54) is 6.92 Å². The Bertz CT molecular complexity index is 625. The second kappa shape index (κ2) is 7.98. The summed E-state index contributed by atoms with van der Waals surface area (Å²) >= 11 is 0. The standard InChI is InChI=1S/C14H15N3O4.Na/c1-3-21-13-12(8-18)14(20)17(16-13)11-6-4-10(5-7-11)15-9(2)19;/h4-8,18H,3H2,1-2H3,(H,15,19);/q;+1/p-1/b12-8+;. The Morgan fingerprint density at radius 3 is 2.55 bits per heavy atom. The fraction of sp³-hybridized carbons (Fsp3) is 0.214. The fourth-order valence-corrected chi connectivity index (χ4v) is 1.80. The molecule has 7 nitrogen and oxygen atoms in total. The maximum Gasteiger partial charge on any atom is 1.00 e. The molecule has 2 amide bonds. The van der Waals surface area contributed by atoms with Gasteiger partial charge in [0.25, 0.3) is 5.91 Å². The van der Waals surface area contributed by atoms with E-state index in [2.05, 4.69) is 10.4 Å². The minimum Gasteiger partial charge on any atom is -0.877 e. The van der Waals surface area contributed by atoms with E-state index in [1.807, 2.05) is 0 Å². The molecule has 0 radical (unpaired) electrons. The SMILES string of the molecule is CCOC1=NN(c2ccc(NC(C)=O)cc2)C(=O)/C1=C/[O-].[Na+]. The van der Waals surface area contributed by atoms with Crippen LogP contribution >= 0.6 is 0 Å². The third-order valence-electron chi connectivity index (χ3n) is 2.68. The number of nitrogens with one attached hydrogen (secondary N) is 1. The van der Waals surface area contributed by atoms with Crippen molar-refractivity contribution < 1.29 is 49.0 Å². The predicted octanol–water partition coefficient (Wildman–Crippen LogP) is -2.41. The average Bonchev–Trinajstić information content (AvgIpc) is 2.76. The molecule has 110 valence electrons. The van der Waals surface area contributed by atoms with E-state index in [-0.39, 0.29) is 46.9 Å². The predicted molar refractivity (Wildman–Crippen MR) is 75.4 cm³/mol. The normalized spacial score (nSPS) is 15.4. The van der Waals surface area contributed by atoms with Crippen LogP contribution in [-0.4, -0.2) is 24.3 Å². The molecule has 22 heavy (non-hydrogen) atoms. The summed E-state index contributed by atoms with van der Waals surface area (Å²) in [6, 6.07) is 6.51. The summed E-state index contributed by atoms with van der Waals surface area (Å²) in [5.74, 6) is -0.711. The molecule has 1 aliphatic rings. The number of amides is 2. The molecule has 0 saturated carbocycles. The van der Waals surface area contributed by atoms with Crippen LogP contribution < -0.4 is 45.0 Å². The van der Waals surface area contributed by atoms with Crippen LogP contribution in [0.3, 0.4) is 0 Å². The summed E-state index contributed by atoms with van der Waals surface area (Å²) in [5, 5.41) is 18.7. The average molecular weight is 311 g/mol. The van der Waals surface area contributed by atoms with Crippen molar-refractivity contribution >= 4 is 29.1 Å². The molecule has 1 aliphatic heterocycles. The topological polar surface area (TPSA) is 94.1 Å². The van der Waals surface area contributed by atoms with Gasteiger partial charge in [-0.15, -0.1) is 11.4 Å². The van der Waals surface area contributed by atoms with Crippen molar-refractivity contribution in [1.29, 1.82) is 0 Å². The first-order valence-corrected chi connectivity index (χ1v) is 6.32. The largest absolute Gasteiger partial charge is 1.00 e. The number of carbonyl (C=O) groups is 2. The summed E-state index contributed by atoms with van der Waals surface area (Å²) in [6.45, 7) is 3.45. The van der Waals surface area contributed by atoms with E-state index >= 15 is 0 Å². The number of carbonyl (C=O) groups excluding carboxylic acids is 2. The van der Waals surface area contributed by atoms with Gasteiger partial charge in [0.15, 0.2) is 0 Å². The van der Waals surface area contributed by atoms with Gasteiger partial charge in [0, 0.05) is 12.6 Å². The number of anilines is 2. The molecule has 0 aliphatic carbocycles. The molecule has 1 aromatic rings. The molecule has 1 N–H and O–H groups in total. The molecular weight excluding hydrogens is 297 g/mol. The second-order valence-electron chi connectivity index (χ2n) is 4.21. The van der Waals surface area contributed by atoms with Crippen LogP contribution in [0.2, 0.25) is 0 Å². The van der Waals surface area contributed by atoms with E-state index < -0.39 is 5.91 Å². The molecular formula is C14H14N3NaO4. The zero-order chi connectivity index (χ0) is 15.4. The zero-order valence-corrected chi connectivity index (χ0v) is 14.6. The van der Waals surface area contributed by atoms with Crippen LogP contribution in [0.15, 0.2) is 41.2 Å². The van der Waals surface area contributed by atoms with Crippen LogP contribution in [0.1, 0.15) is 13.8 Å². The van der Waals surface area contributed by atoms with Crippen LogP contribution in [0, 0.1) is 0 Å². The van der Waals surface area contributed by atoms with Gasteiger partial charge in [-0.3, -0.25) is 9.59 Å².